The van der Waals surface area contributed by atoms with Crippen molar-refractivity contribution in [3.8, 4) is 5.75 Å². The first-order valence-corrected chi connectivity index (χ1v) is 8.98. The number of carbonyl (C=O) groups excluding carboxylic acids is 1. The lowest BCUT2D eigenvalue weighted by molar-refractivity contribution is 0.0818. The fourth-order valence-corrected chi connectivity index (χ4v) is 3.55. The molecule has 2 aromatic carbocycles. The van der Waals surface area contributed by atoms with E-state index in [0.29, 0.717) is 29.2 Å². The van der Waals surface area contributed by atoms with Gasteiger partial charge in [-0.05, 0) is 42.3 Å². The van der Waals surface area contributed by atoms with Crippen molar-refractivity contribution in [1.29, 1.82) is 0 Å². The number of benzene rings is 2. The molecular weight excluding hydrogens is 371 g/mol. The Hall–Kier alpha value is -2.57. The van der Waals surface area contributed by atoms with Crippen LogP contribution in [-0.4, -0.2) is 30.6 Å². The third kappa shape index (κ3) is 3.38. The molecule has 0 aliphatic carbocycles. The molecule has 7 heteroatoms. The third-order valence-electron chi connectivity index (χ3n) is 4.77. The molecular formula is C20H18ClFN2O3. The Morgan fingerprint density at radius 3 is 2.81 bits per heavy atom. The van der Waals surface area contributed by atoms with Gasteiger partial charge in [0.1, 0.15) is 23.4 Å². The number of aromatic amines is 1. The zero-order valence-corrected chi connectivity index (χ0v) is 15.3. The topological polar surface area (TPSA) is 63.4 Å². The predicted octanol–water partition coefficient (Wildman–Crippen LogP) is 4.23. The standard InChI is InChI=1S/C20H18ClFN2O3/c1-26-17-7-6-14(22)18-13(17)10-16(23-18)20(25)24-15-8-9-27-19(15)11-2-4-12(21)5-3-11/h2-7,10,15,19,23H,8-9H2,1H3,(H,24,25)/t15-,19-/m0/s1. The molecule has 140 valence electrons. The summed E-state index contributed by atoms with van der Waals surface area (Å²) < 4.78 is 25.1. The van der Waals surface area contributed by atoms with Gasteiger partial charge >= 0.3 is 0 Å². The Balaban J connectivity index is 1.57. The molecule has 0 radical (unpaired) electrons. The molecule has 0 unspecified atom stereocenters. The van der Waals surface area contributed by atoms with Crippen molar-refractivity contribution < 1.29 is 18.7 Å². The quantitative estimate of drug-likeness (QED) is 0.703. The van der Waals surface area contributed by atoms with Crippen molar-refractivity contribution in [3.05, 3.63) is 64.6 Å². The molecule has 2 heterocycles. The Bertz CT molecular complexity index is 987. The smallest absolute Gasteiger partial charge is 0.268 e. The Morgan fingerprint density at radius 2 is 2.07 bits per heavy atom. The van der Waals surface area contributed by atoms with E-state index in [9.17, 15) is 9.18 Å². The summed E-state index contributed by atoms with van der Waals surface area (Å²) in [6, 6.07) is 11.6. The number of hydrogen-bond acceptors (Lipinski definition) is 3. The molecule has 3 aromatic rings. The minimum atomic E-state index is -0.437. The molecule has 0 saturated carbocycles. The molecule has 5 nitrogen and oxygen atoms in total. The first-order valence-electron chi connectivity index (χ1n) is 8.60. The monoisotopic (exact) mass is 388 g/mol. The average molecular weight is 389 g/mol. The van der Waals surface area contributed by atoms with Crippen LogP contribution in [0.25, 0.3) is 10.9 Å². The lowest BCUT2D eigenvalue weighted by Crippen LogP contribution is -2.37. The molecule has 1 saturated heterocycles. The van der Waals surface area contributed by atoms with Crippen LogP contribution in [0.2, 0.25) is 5.02 Å². The highest BCUT2D eigenvalue weighted by molar-refractivity contribution is 6.30. The minimum absolute atomic E-state index is 0.183. The SMILES string of the molecule is COc1ccc(F)c2[nH]c(C(=O)N[C@H]3CCO[C@H]3c3ccc(Cl)cc3)cc12. The zero-order chi connectivity index (χ0) is 19.0. The number of ether oxygens (including phenoxy) is 2. The summed E-state index contributed by atoms with van der Waals surface area (Å²) in [7, 11) is 1.51. The van der Waals surface area contributed by atoms with E-state index in [1.54, 1.807) is 18.2 Å². The maximum atomic E-state index is 14.1. The van der Waals surface area contributed by atoms with Crippen LogP contribution >= 0.6 is 11.6 Å². The molecule has 27 heavy (non-hydrogen) atoms. The summed E-state index contributed by atoms with van der Waals surface area (Å²) >= 11 is 5.94. The van der Waals surface area contributed by atoms with Crippen molar-refractivity contribution in [1.82, 2.24) is 10.3 Å². The zero-order valence-electron chi connectivity index (χ0n) is 14.6. The number of nitrogens with one attached hydrogen (secondary N) is 2. The number of amides is 1. The highest BCUT2D eigenvalue weighted by Gasteiger charge is 2.31. The molecule has 1 aliphatic heterocycles. The van der Waals surface area contributed by atoms with Gasteiger partial charge in [0.25, 0.3) is 5.91 Å². The summed E-state index contributed by atoms with van der Waals surface area (Å²) in [6.45, 7) is 0.549. The Kier molecular flexibility index (Phi) is 4.76. The maximum Gasteiger partial charge on any atom is 0.268 e. The molecule has 4 rings (SSSR count). The summed E-state index contributed by atoms with van der Waals surface area (Å²) in [4.78, 5) is 15.6. The number of H-pyrrole nitrogens is 1. The van der Waals surface area contributed by atoms with E-state index in [-0.39, 0.29) is 29.3 Å². The lowest BCUT2D eigenvalue weighted by atomic mass is 10.0. The van der Waals surface area contributed by atoms with Crippen LogP contribution in [0.15, 0.2) is 42.5 Å². The van der Waals surface area contributed by atoms with Crippen molar-refractivity contribution in [2.24, 2.45) is 0 Å². The minimum Gasteiger partial charge on any atom is -0.496 e. The van der Waals surface area contributed by atoms with E-state index in [0.717, 1.165) is 5.56 Å². The van der Waals surface area contributed by atoms with Crippen LogP contribution in [0.1, 0.15) is 28.6 Å². The molecule has 0 spiro atoms. The Morgan fingerprint density at radius 1 is 1.30 bits per heavy atom. The van der Waals surface area contributed by atoms with Crippen molar-refractivity contribution >= 4 is 28.4 Å². The molecule has 1 amide bonds. The molecule has 1 aromatic heterocycles. The van der Waals surface area contributed by atoms with Crippen molar-refractivity contribution in [3.63, 3.8) is 0 Å². The van der Waals surface area contributed by atoms with E-state index in [2.05, 4.69) is 10.3 Å². The predicted molar refractivity (Wildman–Crippen MR) is 101 cm³/mol. The summed E-state index contributed by atoms with van der Waals surface area (Å²) in [5, 5.41) is 4.16. The second-order valence-corrected chi connectivity index (χ2v) is 6.87. The van der Waals surface area contributed by atoms with Crippen LogP contribution in [-0.2, 0) is 4.74 Å². The number of aromatic nitrogens is 1. The highest BCUT2D eigenvalue weighted by Crippen LogP contribution is 2.31. The lowest BCUT2D eigenvalue weighted by Gasteiger charge is -2.20. The average Bonchev–Trinajstić information content (AvgIpc) is 3.31. The molecule has 1 fully saturated rings. The molecule has 1 aliphatic rings. The van der Waals surface area contributed by atoms with Gasteiger partial charge in [-0.2, -0.15) is 0 Å². The van der Waals surface area contributed by atoms with Gasteiger partial charge in [-0.1, -0.05) is 23.7 Å². The van der Waals surface area contributed by atoms with Crippen LogP contribution in [0.4, 0.5) is 4.39 Å². The number of rotatable bonds is 4. The van der Waals surface area contributed by atoms with Gasteiger partial charge in [-0.25, -0.2) is 4.39 Å². The fraction of sp³-hybridized carbons (Fsp3) is 0.250. The highest BCUT2D eigenvalue weighted by atomic mass is 35.5. The van der Waals surface area contributed by atoms with Gasteiger partial charge in [0.15, 0.2) is 0 Å². The second-order valence-electron chi connectivity index (χ2n) is 6.43. The van der Waals surface area contributed by atoms with E-state index < -0.39 is 5.82 Å². The van der Waals surface area contributed by atoms with Crippen molar-refractivity contribution in [2.45, 2.75) is 18.6 Å². The molecule has 2 N–H and O–H groups in total. The van der Waals surface area contributed by atoms with Crippen LogP contribution in [0, 0.1) is 5.82 Å². The van der Waals surface area contributed by atoms with Gasteiger partial charge in [-0.3, -0.25) is 4.79 Å². The van der Waals surface area contributed by atoms with E-state index in [4.69, 9.17) is 21.1 Å². The van der Waals surface area contributed by atoms with Gasteiger partial charge in [0.05, 0.1) is 18.7 Å². The number of fused-ring (bicyclic) bond motifs is 1. The van der Waals surface area contributed by atoms with Crippen LogP contribution in [0.3, 0.4) is 0 Å². The van der Waals surface area contributed by atoms with Gasteiger partial charge in [0, 0.05) is 17.0 Å². The Labute approximate surface area is 160 Å². The largest absolute Gasteiger partial charge is 0.496 e. The van der Waals surface area contributed by atoms with Crippen molar-refractivity contribution in [2.75, 3.05) is 13.7 Å². The summed E-state index contributed by atoms with van der Waals surface area (Å²) in [5.41, 5.74) is 1.47. The van der Waals surface area contributed by atoms with Crippen LogP contribution < -0.4 is 10.1 Å². The summed E-state index contributed by atoms with van der Waals surface area (Å²) in [5.74, 6) is -0.250. The van der Waals surface area contributed by atoms with Gasteiger partial charge in [-0.15, -0.1) is 0 Å². The number of hydrogen-bond donors (Lipinski definition) is 2. The first kappa shape index (κ1) is 17.8. The normalized spacial score (nSPS) is 19.4. The summed E-state index contributed by atoms with van der Waals surface area (Å²) in [6.07, 6.45) is 0.443. The maximum absolute atomic E-state index is 14.1. The molecule has 0 bridgehead atoms. The second kappa shape index (κ2) is 7.21. The van der Waals surface area contributed by atoms with Crippen LogP contribution in [0.5, 0.6) is 5.75 Å². The number of halogens is 2. The fourth-order valence-electron chi connectivity index (χ4n) is 3.42. The van der Waals surface area contributed by atoms with Gasteiger partial charge < -0.3 is 19.8 Å². The third-order valence-corrected chi connectivity index (χ3v) is 5.03. The number of carbonyl (C=O) groups is 1. The molecule has 2 atom stereocenters. The van der Waals surface area contributed by atoms with E-state index in [1.165, 1.54) is 19.2 Å². The van der Waals surface area contributed by atoms with Gasteiger partial charge in [0.2, 0.25) is 0 Å². The number of methoxy groups -OCH3 is 1. The van der Waals surface area contributed by atoms with E-state index >= 15 is 0 Å². The first-order chi connectivity index (χ1) is 13.1. The van der Waals surface area contributed by atoms with E-state index in [1.807, 2.05) is 12.1 Å².